The molecule has 1 aromatic carbocycles. The van der Waals surface area contributed by atoms with Crippen molar-refractivity contribution >= 4 is 5.91 Å². The Bertz CT molecular complexity index is 1010. The molecular formula is C21H23N3O4. The molecule has 0 saturated carbocycles. The lowest BCUT2D eigenvalue weighted by molar-refractivity contribution is -0.128. The Morgan fingerprint density at radius 3 is 2.75 bits per heavy atom. The molecule has 0 atom stereocenters. The first-order valence-corrected chi connectivity index (χ1v) is 8.98. The predicted molar refractivity (Wildman–Crippen MR) is 105 cm³/mol. The van der Waals surface area contributed by atoms with Crippen LogP contribution in [0.1, 0.15) is 19.4 Å². The molecule has 1 N–H and O–H groups in total. The minimum Gasteiger partial charge on any atom is -0.497 e. The van der Waals surface area contributed by atoms with Crippen LogP contribution in [0.15, 0.2) is 64.0 Å². The first-order chi connectivity index (χ1) is 13.4. The molecular weight excluding hydrogens is 358 g/mol. The van der Waals surface area contributed by atoms with E-state index in [1.807, 2.05) is 24.3 Å². The molecule has 0 unspecified atom stereocenters. The molecule has 3 rings (SSSR count). The highest BCUT2D eigenvalue weighted by molar-refractivity contribution is 5.83. The Labute approximate surface area is 162 Å². The van der Waals surface area contributed by atoms with Gasteiger partial charge in [0.2, 0.25) is 5.91 Å². The van der Waals surface area contributed by atoms with Crippen LogP contribution in [0.2, 0.25) is 0 Å². The molecule has 0 saturated heterocycles. The Hall–Kier alpha value is -3.35. The number of nitrogens with zero attached hydrogens (tertiary/aromatic N) is 2. The number of nitrogens with one attached hydrogen (secondary N) is 1. The van der Waals surface area contributed by atoms with E-state index in [0.717, 1.165) is 11.3 Å². The van der Waals surface area contributed by atoms with Gasteiger partial charge in [0.25, 0.3) is 5.56 Å². The van der Waals surface area contributed by atoms with E-state index < -0.39 is 5.54 Å². The van der Waals surface area contributed by atoms with Crippen LogP contribution >= 0.6 is 0 Å². The first kappa shape index (κ1) is 19.4. The van der Waals surface area contributed by atoms with Gasteiger partial charge in [0.15, 0.2) is 5.76 Å². The number of carbonyl (C=O) groups excluding carboxylic acids is 1. The highest BCUT2D eigenvalue weighted by Crippen LogP contribution is 2.18. The van der Waals surface area contributed by atoms with E-state index in [2.05, 4.69) is 10.4 Å². The maximum atomic E-state index is 12.8. The molecule has 0 radical (unpaired) electrons. The van der Waals surface area contributed by atoms with Crippen LogP contribution in [-0.2, 0) is 16.8 Å². The third-order valence-electron chi connectivity index (χ3n) is 4.49. The molecule has 0 bridgehead atoms. The molecule has 2 aromatic heterocycles. The molecule has 0 fully saturated rings. The first-order valence-electron chi connectivity index (χ1n) is 8.98. The average Bonchev–Trinajstić information content (AvgIpc) is 3.23. The van der Waals surface area contributed by atoms with E-state index in [1.165, 1.54) is 17.0 Å². The maximum absolute atomic E-state index is 12.8. The number of hydrogen-bond donors (Lipinski definition) is 1. The van der Waals surface area contributed by atoms with Crippen LogP contribution in [0.25, 0.3) is 11.5 Å². The number of methoxy groups -OCH3 is 1. The summed E-state index contributed by atoms with van der Waals surface area (Å²) in [5, 5.41) is 7.22. The van der Waals surface area contributed by atoms with E-state index >= 15 is 0 Å². The van der Waals surface area contributed by atoms with E-state index in [1.54, 1.807) is 39.2 Å². The molecule has 7 heteroatoms. The summed E-state index contributed by atoms with van der Waals surface area (Å²) in [6, 6.07) is 14.1. The Kier molecular flexibility index (Phi) is 5.63. The summed E-state index contributed by atoms with van der Waals surface area (Å²) in [5.74, 6) is 1.01. The lowest BCUT2D eigenvalue weighted by Gasteiger charge is -2.25. The lowest BCUT2D eigenvalue weighted by Crippen LogP contribution is -2.50. The topological polar surface area (TPSA) is 86.4 Å². The lowest BCUT2D eigenvalue weighted by atomic mass is 10.0. The van der Waals surface area contributed by atoms with Gasteiger partial charge < -0.3 is 14.5 Å². The van der Waals surface area contributed by atoms with Crippen molar-refractivity contribution in [1.82, 2.24) is 15.1 Å². The molecule has 146 valence electrons. The SMILES string of the molecule is COc1cccc(CCNC(=O)C(C)(C)n2nc(-c3ccco3)ccc2=O)c1. The van der Waals surface area contributed by atoms with Gasteiger partial charge in [0.05, 0.1) is 13.4 Å². The molecule has 0 spiro atoms. The zero-order valence-corrected chi connectivity index (χ0v) is 16.1. The summed E-state index contributed by atoms with van der Waals surface area (Å²) < 4.78 is 11.7. The van der Waals surface area contributed by atoms with Crippen molar-refractivity contribution in [2.45, 2.75) is 25.8 Å². The van der Waals surface area contributed by atoms with Gasteiger partial charge in [-0.05, 0) is 56.2 Å². The van der Waals surface area contributed by atoms with E-state index in [-0.39, 0.29) is 11.5 Å². The van der Waals surface area contributed by atoms with Gasteiger partial charge in [-0.15, -0.1) is 0 Å². The highest BCUT2D eigenvalue weighted by atomic mass is 16.5. The van der Waals surface area contributed by atoms with Crippen molar-refractivity contribution in [3.8, 4) is 17.2 Å². The van der Waals surface area contributed by atoms with Crippen LogP contribution < -0.4 is 15.6 Å². The molecule has 28 heavy (non-hydrogen) atoms. The number of furan rings is 1. The number of rotatable bonds is 7. The third-order valence-corrected chi connectivity index (χ3v) is 4.49. The van der Waals surface area contributed by atoms with Crippen molar-refractivity contribution in [3.63, 3.8) is 0 Å². The smallest absolute Gasteiger partial charge is 0.267 e. The third kappa shape index (κ3) is 4.14. The van der Waals surface area contributed by atoms with Gasteiger partial charge in [0, 0.05) is 12.6 Å². The van der Waals surface area contributed by atoms with Gasteiger partial charge in [0.1, 0.15) is 17.0 Å². The summed E-state index contributed by atoms with van der Waals surface area (Å²) in [4.78, 5) is 25.1. The van der Waals surface area contributed by atoms with Crippen molar-refractivity contribution in [2.75, 3.05) is 13.7 Å². The molecule has 0 aliphatic rings. The minimum atomic E-state index is -1.16. The van der Waals surface area contributed by atoms with Crippen LogP contribution in [0.3, 0.4) is 0 Å². The minimum absolute atomic E-state index is 0.290. The van der Waals surface area contributed by atoms with Gasteiger partial charge in [-0.2, -0.15) is 5.10 Å². The normalized spacial score (nSPS) is 11.2. The van der Waals surface area contributed by atoms with Gasteiger partial charge in [-0.25, -0.2) is 4.68 Å². The number of aromatic nitrogens is 2. The zero-order valence-electron chi connectivity index (χ0n) is 16.1. The number of hydrogen-bond acceptors (Lipinski definition) is 5. The zero-order chi connectivity index (χ0) is 20.1. The second-order valence-electron chi connectivity index (χ2n) is 6.86. The van der Waals surface area contributed by atoms with Gasteiger partial charge in [-0.3, -0.25) is 9.59 Å². The van der Waals surface area contributed by atoms with Crippen LogP contribution in [0.4, 0.5) is 0 Å². The van der Waals surface area contributed by atoms with Gasteiger partial charge in [-0.1, -0.05) is 12.1 Å². The second-order valence-corrected chi connectivity index (χ2v) is 6.86. The summed E-state index contributed by atoms with van der Waals surface area (Å²) in [6.45, 7) is 3.75. The van der Waals surface area contributed by atoms with Crippen LogP contribution in [0.5, 0.6) is 5.75 Å². The Balaban J connectivity index is 1.72. The van der Waals surface area contributed by atoms with Crippen molar-refractivity contribution in [1.29, 1.82) is 0 Å². The van der Waals surface area contributed by atoms with Gasteiger partial charge >= 0.3 is 0 Å². The van der Waals surface area contributed by atoms with Crippen molar-refractivity contribution < 1.29 is 13.9 Å². The summed E-state index contributed by atoms with van der Waals surface area (Å²) in [7, 11) is 1.62. The fourth-order valence-corrected chi connectivity index (χ4v) is 2.83. The fraction of sp³-hybridized carbons (Fsp3) is 0.286. The Morgan fingerprint density at radius 2 is 2.04 bits per heavy atom. The van der Waals surface area contributed by atoms with Crippen molar-refractivity contribution in [3.05, 3.63) is 70.7 Å². The quantitative estimate of drug-likeness (QED) is 0.680. The van der Waals surface area contributed by atoms with Crippen LogP contribution in [0, 0.1) is 0 Å². The number of ether oxygens (including phenoxy) is 1. The largest absolute Gasteiger partial charge is 0.497 e. The maximum Gasteiger partial charge on any atom is 0.267 e. The average molecular weight is 381 g/mol. The van der Waals surface area contributed by atoms with E-state index in [0.29, 0.717) is 24.4 Å². The molecule has 7 nitrogen and oxygen atoms in total. The summed E-state index contributed by atoms with van der Waals surface area (Å²) in [5.41, 5.74) is 0.0197. The predicted octanol–water partition coefficient (Wildman–Crippen LogP) is 2.61. The second kappa shape index (κ2) is 8.12. The molecule has 0 aliphatic carbocycles. The standard InChI is InChI=1S/C21H23N3O4/c1-21(2,20(26)22-12-11-15-6-4-7-16(14-15)27-3)24-19(25)10-9-17(23-24)18-8-5-13-28-18/h4-10,13-14H,11-12H2,1-3H3,(H,22,26). The van der Waals surface area contributed by atoms with E-state index in [9.17, 15) is 9.59 Å². The number of benzene rings is 1. The molecule has 3 aromatic rings. The fourth-order valence-electron chi connectivity index (χ4n) is 2.83. The number of carbonyl (C=O) groups is 1. The number of amides is 1. The molecule has 0 aliphatic heterocycles. The van der Waals surface area contributed by atoms with Crippen molar-refractivity contribution in [2.24, 2.45) is 0 Å². The molecule has 1 amide bonds. The summed E-state index contributed by atoms with van der Waals surface area (Å²) in [6.07, 6.45) is 2.18. The molecule has 2 heterocycles. The highest BCUT2D eigenvalue weighted by Gasteiger charge is 2.32. The van der Waals surface area contributed by atoms with Crippen LogP contribution in [-0.4, -0.2) is 29.3 Å². The summed E-state index contributed by atoms with van der Waals surface area (Å²) >= 11 is 0. The Morgan fingerprint density at radius 1 is 1.21 bits per heavy atom. The van der Waals surface area contributed by atoms with E-state index in [4.69, 9.17) is 9.15 Å². The monoisotopic (exact) mass is 381 g/mol.